The molecule has 5 heteroatoms. The minimum Gasteiger partial charge on any atom is -0.345 e. The Morgan fingerprint density at radius 2 is 2.40 bits per heavy atom. The van der Waals surface area contributed by atoms with E-state index in [9.17, 15) is 0 Å². The maximum absolute atomic E-state index is 8.74. The van der Waals surface area contributed by atoms with Gasteiger partial charge >= 0.3 is 0 Å². The molecule has 2 aromatic rings. The van der Waals surface area contributed by atoms with E-state index in [1.807, 2.05) is 14.0 Å². The Morgan fingerprint density at radius 3 is 2.93 bits per heavy atom. The van der Waals surface area contributed by atoms with E-state index in [0.717, 1.165) is 12.1 Å². The molecule has 0 fully saturated rings. The average molecular weight is 202 g/mol. The molecule has 76 valence electrons. The van der Waals surface area contributed by atoms with Crippen LogP contribution in [0.2, 0.25) is 0 Å². The topological polar surface area (TPSA) is 67.6 Å². The first-order valence-corrected chi connectivity index (χ1v) is 4.64. The predicted molar refractivity (Wildman–Crippen MR) is 52.8 cm³/mol. The van der Waals surface area contributed by atoms with Gasteiger partial charge in [-0.15, -0.1) is 0 Å². The van der Waals surface area contributed by atoms with Gasteiger partial charge in [-0.05, 0) is 6.07 Å². The van der Waals surface area contributed by atoms with Crippen LogP contribution in [0.4, 0.5) is 0 Å². The van der Waals surface area contributed by atoms with Crippen molar-refractivity contribution in [3.05, 3.63) is 23.7 Å². The lowest BCUT2D eigenvalue weighted by molar-refractivity contribution is 0.421. The predicted octanol–water partition coefficient (Wildman–Crippen LogP) is 1.51. The molecule has 2 heterocycles. The molecule has 0 saturated carbocycles. The fraction of sp³-hybridized carbons (Fsp3) is 0.300. The summed E-state index contributed by atoms with van der Waals surface area (Å²) in [4.78, 5) is 4.20. The Labute approximate surface area is 86.9 Å². The van der Waals surface area contributed by atoms with Gasteiger partial charge in [0.15, 0.2) is 5.82 Å². The summed E-state index contributed by atoms with van der Waals surface area (Å²) in [5.41, 5.74) is 1.35. The number of aryl methyl sites for hydroxylation is 2. The standard InChI is InChI=1S/C10H10N4O/c1-3-9-12-10(15-13-9)8-4-7(5-11)6-14(8)2/h4,6H,3H2,1-2H3. The number of hydrogen-bond donors (Lipinski definition) is 0. The quantitative estimate of drug-likeness (QED) is 0.740. The van der Waals surface area contributed by atoms with Gasteiger partial charge in [-0.2, -0.15) is 10.2 Å². The normalized spacial score (nSPS) is 10.2. The van der Waals surface area contributed by atoms with Crippen LogP contribution in [-0.4, -0.2) is 14.7 Å². The lowest BCUT2D eigenvalue weighted by atomic mass is 10.3. The van der Waals surface area contributed by atoms with E-state index in [1.165, 1.54) is 0 Å². The molecule has 2 aromatic heterocycles. The smallest absolute Gasteiger partial charge is 0.274 e. The van der Waals surface area contributed by atoms with Gasteiger partial charge in [0, 0.05) is 19.7 Å². The summed E-state index contributed by atoms with van der Waals surface area (Å²) in [5.74, 6) is 1.13. The fourth-order valence-corrected chi connectivity index (χ4v) is 1.34. The number of nitrogens with zero attached hydrogens (tertiary/aromatic N) is 4. The van der Waals surface area contributed by atoms with Crippen molar-refractivity contribution in [2.24, 2.45) is 7.05 Å². The molecule has 0 aliphatic carbocycles. The van der Waals surface area contributed by atoms with Crippen LogP contribution in [0.3, 0.4) is 0 Å². The van der Waals surface area contributed by atoms with E-state index in [-0.39, 0.29) is 0 Å². The molecule has 0 spiro atoms. The summed E-state index contributed by atoms with van der Waals surface area (Å²) in [6.07, 6.45) is 2.46. The molecule has 5 nitrogen and oxygen atoms in total. The van der Waals surface area contributed by atoms with Crippen LogP contribution in [0.15, 0.2) is 16.8 Å². The summed E-state index contributed by atoms with van der Waals surface area (Å²) >= 11 is 0. The fourth-order valence-electron chi connectivity index (χ4n) is 1.34. The molecule has 0 aliphatic heterocycles. The number of aromatic nitrogens is 3. The molecule has 0 saturated heterocycles. The third-order valence-corrected chi connectivity index (χ3v) is 2.14. The molecule has 15 heavy (non-hydrogen) atoms. The Hall–Kier alpha value is -2.09. The first-order chi connectivity index (χ1) is 7.24. The SMILES string of the molecule is CCc1noc(-c2cc(C#N)cn2C)n1. The number of hydrogen-bond acceptors (Lipinski definition) is 4. The van der Waals surface area contributed by atoms with Crippen LogP contribution in [0.5, 0.6) is 0 Å². The van der Waals surface area contributed by atoms with Gasteiger partial charge < -0.3 is 9.09 Å². The Kier molecular flexibility index (Phi) is 2.26. The van der Waals surface area contributed by atoms with Crippen molar-refractivity contribution in [2.45, 2.75) is 13.3 Å². The molecule has 0 bridgehead atoms. The molecule has 0 amide bonds. The van der Waals surface area contributed by atoms with Crippen LogP contribution in [-0.2, 0) is 13.5 Å². The highest BCUT2D eigenvalue weighted by Gasteiger charge is 2.12. The van der Waals surface area contributed by atoms with Crippen LogP contribution < -0.4 is 0 Å². The molecule has 0 atom stereocenters. The van der Waals surface area contributed by atoms with Crippen molar-refractivity contribution >= 4 is 0 Å². The largest absolute Gasteiger partial charge is 0.345 e. The molecule has 0 N–H and O–H groups in total. The zero-order valence-electron chi connectivity index (χ0n) is 8.56. The van der Waals surface area contributed by atoms with Crippen molar-refractivity contribution in [3.8, 4) is 17.7 Å². The van der Waals surface area contributed by atoms with Crippen LogP contribution >= 0.6 is 0 Å². The third kappa shape index (κ3) is 1.62. The lowest BCUT2D eigenvalue weighted by Gasteiger charge is -1.94. The van der Waals surface area contributed by atoms with E-state index in [1.54, 1.807) is 16.8 Å². The van der Waals surface area contributed by atoms with Gasteiger partial charge in [-0.1, -0.05) is 12.1 Å². The third-order valence-electron chi connectivity index (χ3n) is 2.14. The molecule has 0 aliphatic rings. The highest BCUT2D eigenvalue weighted by molar-refractivity contribution is 5.52. The highest BCUT2D eigenvalue weighted by Crippen LogP contribution is 2.19. The van der Waals surface area contributed by atoms with Gasteiger partial charge in [-0.3, -0.25) is 0 Å². The first-order valence-electron chi connectivity index (χ1n) is 4.64. The van der Waals surface area contributed by atoms with E-state index in [2.05, 4.69) is 16.2 Å². The van der Waals surface area contributed by atoms with Crippen molar-refractivity contribution in [1.29, 1.82) is 5.26 Å². The molecular formula is C10H10N4O. The van der Waals surface area contributed by atoms with Crippen LogP contribution in [0.25, 0.3) is 11.6 Å². The summed E-state index contributed by atoms with van der Waals surface area (Å²) in [6, 6.07) is 3.80. The molecule has 0 unspecified atom stereocenters. The van der Waals surface area contributed by atoms with Crippen molar-refractivity contribution in [1.82, 2.24) is 14.7 Å². The van der Waals surface area contributed by atoms with Crippen molar-refractivity contribution in [3.63, 3.8) is 0 Å². The second-order valence-corrected chi connectivity index (χ2v) is 3.21. The van der Waals surface area contributed by atoms with Crippen molar-refractivity contribution < 1.29 is 4.52 Å². The van der Waals surface area contributed by atoms with Gasteiger partial charge in [0.2, 0.25) is 0 Å². The van der Waals surface area contributed by atoms with Gasteiger partial charge in [-0.25, -0.2) is 0 Å². The zero-order valence-corrected chi connectivity index (χ0v) is 8.56. The summed E-state index contributed by atoms with van der Waals surface area (Å²) < 4.78 is 6.89. The summed E-state index contributed by atoms with van der Waals surface area (Å²) in [7, 11) is 1.84. The Bertz CT molecular complexity index is 518. The maximum atomic E-state index is 8.74. The Morgan fingerprint density at radius 1 is 1.60 bits per heavy atom. The minimum absolute atomic E-state index is 0.454. The second kappa shape index (κ2) is 3.58. The molecule has 0 radical (unpaired) electrons. The maximum Gasteiger partial charge on any atom is 0.274 e. The summed E-state index contributed by atoms with van der Waals surface area (Å²) in [6.45, 7) is 1.96. The zero-order chi connectivity index (χ0) is 10.8. The van der Waals surface area contributed by atoms with E-state index < -0.39 is 0 Å². The first kappa shape index (κ1) is 9.46. The van der Waals surface area contributed by atoms with Gasteiger partial charge in [0.1, 0.15) is 11.8 Å². The van der Waals surface area contributed by atoms with E-state index >= 15 is 0 Å². The number of nitriles is 1. The Balaban J connectivity index is 2.45. The van der Waals surface area contributed by atoms with E-state index in [4.69, 9.17) is 9.78 Å². The second-order valence-electron chi connectivity index (χ2n) is 3.21. The molecule has 2 rings (SSSR count). The average Bonchev–Trinajstić information content (AvgIpc) is 2.83. The van der Waals surface area contributed by atoms with Crippen LogP contribution in [0, 0.1) is 11.3 Å². The monoisotopic (exact) mass is 202 g/mol. The minimum atomic E-state index is 0.454. The summed E-state index contributed by atoms with van der Waals surface area (Å²) in [5, 5.41) is 12.5. The van der Waals surface area contributed by atoms with E-state index in [0.29, 0.717) is 17.3 Å². The molecular weight excluding hydrogens is 192 g/mol. The van der Waals surface area contributed by atoms with Gasteiger partial charge in [0.25, 0.3) is 5.89 Å². The molecule has 0 aromatic carbocycles. The lowest BCUT2D eigenvalue weighted by Crippen LogP contribution is -1.89. The van der Waals surface area contributed by atoms with Crippen LogP contribution in [0.1, 0.15) is 18.3 Å². The highest BCUT2D eigenvalue weighted by atomic mass is 16.5. The van der Waals surface area contributed by atoms with Gasteiger partial charge in [0.05, 0.1) is 5.56 Å². The van der Waals surface area contributed by atoms with Crippen molar-refractivity contribution in [2.75, 3.05) is 0 Å². The number of rotatable bonds is 2.